The van der Waals surface area contributed by atoms with Gasteiger partial charge in [-0.1, -0.05) is 12.1 Å². The molecule has 162 valence electrons. The number of anilines is 1. The standard InChI is InChI=1S/C22H24N4O5/c1-31-17-8-2-14(3-9-17)12-13-26-21(29)18(25-22(26)30)10-11-19(27)24-16-6-4-15(5-7-16)20(23)28/h2-9,18H,10-13H2,1H3,(H2,23,28)(H,24,27)(H,25,30). The minimum Gasteiger partial charge on any atom is -0.497 e. The molecule has 3 rings (SSSR count). The van der Waals surface area contributed by atoms with Gasteiger partial charge in [-0.3, -0.25) is 19.3 Å². The van der Waals surface area contributed by atoms with E-state index in [-0.39, 0.29) is 31.2 Å². The molecule has 0 bridgehead atoms. The number of benzene rings is 2. The Morgan fingerprint density at radius 2 is 1.77 bits per heavy atom. The van der Waals surface area contributed by atoms with Gasteiger partial charge in [-0.2, -0.15) is 0 Å². The van der Waals surface area contributed by atoms with Gasteiger partial charge in [0.15, 0.2) is 0 Å². The first kappa shape index (κ1) is 21.8. The van der Waals surface area contributed by atoms with Crippen LogP contribution >= 0.6 is 0 Å². The van der Waals surface area contributed by atoms with Crippen molar-refractivity contribution < 1.29 is 23.9 Å². The summed E-state index contributed by atoms with van der Waals surface area (Å²) in [5, 5.41) is 5.32. The molecule has 0 saturated carbocycles. The number of rotatable bonds is 9. The SMILES string of the molecule is COc1ccc(CCN2C(=O)NC(CCC(=O)Nc3ccc(C(N)=O)cc3)C2=O)cc1. The molecule has 0 spiro atoms. The summed E-state index contributed by atoms with van der Waals surface area (Å²) < 4.78 is 5.11. The highest BCUT2D eigenvalue weighted by atomic mass is 16.5. The first-order valence-corrected chi connectivity index (χ1v) is 9.82. The summed E-state index contributed by atoms with van der Waals surface area (Å²) in [7, 11) is 1.59. The smallest absolute Gasteiger partial charge is 0.324 e. The van der Waals surface area contributed by atoms with E-state index >= 15 is 0 Å². The van der Waals surface area contributed by atoms with Crippen LogP contribution < -0.4 is 21.1 Å². The van der Waals surface area contributed by atoms with Crippen LogP contribution in [0.2, 0.25) is 0 Å². The summed E-state index contributed by atoms with van der Waals surface area (Å²) in [4.78, 5) is 49.2. The molecule has 9 heteroatoms. The van der Waals surface area contributed by atoms with Crippen molar-refractivity contribution in [1.29, 1.82) is 0 Å². The van der Waals surface area contributed by atoms with Gasteiger partial charge in [-0.25, -0.2) is 4.79 Å². The van der Waals surface area contributed by atoms with E-state index in [4.69, 9.17) is 10.5 Å². The average molecular weight is 424 g/mol. The molecule has 1 unspecified atom stereocenters. The van der Waals surface area contributed by atoms with Crippen LogP contribution in [0.25, 0.3) is 0 Å². The lowest BCUT2D eigenvalue weighted by atomic mass is 10.1. The van der Waals surface area contributed by atoms with Gasteiger partial charge in [0.1, 0.15) is 11.8 Å². The Morgan fingerprint density at radius 1 is 1.10 bits per heavy atom. The maximum Gasteiger partial charge on any atom is 0.324 e. The summed E-state index contributed by atoms with van der Waals surface area (Å²) in [6.07, 6.45) is 0.771. The second-order valence-corrected chi connectivity index (χ2v) is 7.12. The molecule has 1 atom stereocenters. The predicted octanol–water partition coefficient (Wildman–Crippen LogP) is 1.68. The number of ether oxygens (including phenoxy) is 1. The molecule has 4 N–H and O–H groups in total. The summed E-state index contributed by atoms with van der Waals surface area (Å²) in [6.45, 7) is 0.256. The van der Waals surface area contributed by atoms with Crippen molar-refractivity contribution in [1.82, 2.24) is 10.2 Å². The van der Waals surface area contributed by atoms with Crippen LogP contribution in [-0.2, 0) is 16.0 Å². The van der Waals surface area contributed by atoms with Crippen molar-refractivity contribution in [3.63, 3.8) is 0 Å². The van der Waals surface area contributed by atoms with Crippen LogP contribution in [0.3, 0.4) is 0 Å². The summed E-state index contributed by atoms with van der Waals surface area (Å²) in [5.74, 6) is -0.450. The summed E-state index contributed by atoms with van der Waals surface area (Å²) in [5.41, 5.74) is 7.01. The van der Waals surface area contributed by atoms with Crippen LogP contribution in [0.5, 0.6) is 5.75 Å². The molecule has 9 nitrogen and oxygen atoms in total. The van der Waals surface area contributed by atoms with Crippen molar-refractivity contribution in [2.45, 2.75) is 25.3 Å². The number of nitrogens with zero attached hydrogens (tertiary/aromatic N) is 1. The fourth-order valence-corrected chi connectivity index (χ4v) is 3.23. The van der Waals surface area contributed by atoms with Gasteiger partial charge in [0.25, 0.3) is 5.91 Å². The Labute approximate surface area is 179 Å². The Bertz CT molecular complexity index is 972. The summed E-state index contributed by atoms with van der Waals surface area (Å²) in [6, 6.07) is 12.4. The number of carbonyl (C=O) groups excluding carboxylic acids is 4. The normalized spacial score (nSPS) is 15.5. The molecule has 2 aromatic rings. The van der Waals surface area contributed by atoms with E-state index < -0.39 is 18.0 Å². The van der Waals surface area contributed by atoms with Crippen LogP contribution in [0.15, 0.2) is 48.5 Å². The molecule has 1 saturated heterocycles. The van der Waals surface area contributed by atoms with Crippen LogP contribution in [0.4, 0.5) is 10.5 Å². The average Bonchev–Trinajstić information content (AvgIpc) is 3.04. The van der Waals surface area contributed by atoms with Crippen LogP contribution in [0.1, 0.15) is 28.8 Å². The Kier molecular flexibility index (Phi) is 6.86. The number of primary amides is 1. The third-order valence-corrected chi connectivity index (χ3v) is 5.00. The molecule has 2 aromatic carbocycles. The number of imide groups is 1. The maximum atomic E-state index is 12.6. The van der Waals surface area contributed by atoms with E-state index in [0.717, 1.165) is 11.3 Å². The second-order valence-electron chi connectivity index (χ2n) is 7.12. The fraction of sp³-hybridized carbons (Fsp3) is 0.273. The monoisotopic (exact) mass is 424 g/mol. The number of hydrogen-bond acceptors (Lipinski definition) is 5. The molecule has 31 heavy (non-hydrogen) atoms. The van der Waals surface area contributed by atoms with E-state index in [0.29, 0.717) is 17.7 Å². The Morgan fingerprint density at radius 3 is 2.39 bits per heavy atom. The van der Waals surface area contributed by atoms with Crippen LogP contribution in [-0.4, -0.2) is 48.3 Å². The molecule has 0 aliphatic carbocycles. The van der Waals surface area contributed by atoms with Gasteiger partial charge in [0.2, 0.25) is 11.8 Å². The number of urea groups is 1. The van der Waals surface area contributed by atoms with E-state index in [2.05, 4.69) is 10.6 Å². The maximum absolute atomic E-state index is 12.6. The second kappa shape index (κ2) is 9.75. The molecule has 1 fully saturated rings. The lowest BCUT2D eigenvalue weighted by Crippen LogP contribution is -2.33. The van der Waals surface area contributed by atoms with Gasteiger partial charge in [-0.15, -0.1) is 0 Å². The first-order chi connectivity index (χ1) is 14.9. The number of amides is 5. The Hall–Kier alpha value is -3.88. The lowest BCUT2D eigenvalue weighted by Gasteiger charge is -2.13. The van der Waals surface area contributed by atoms with Crippen molar-refractivity contribution >= 4 is 29.4 Å². The number of nitrogens with two attached hydrogens (primary N) is 1. The quantitative estimate of drug-likeness (QED) is 0.527. The number of hydrogen-bond donors (Lipinski definition) is 3. The minimum atomic E-state index is -0.730. The van der Waals surface area contributed by atoms with E-state index in [1.165, 1.54) is 17.0 Å². The zero-order valence-electron chi connectivity index (χ0n) is 17.1. The van der Waals surface area contributed by atoms with Crippen molar-refractivity contribution in [3.05, 3.63) is 59.7 Å². The van der Waals surface area contributed by atoms with Crippen molar-refractivity contribution in [2.75, 3.05) is 19.0 Å². The van der Waals surface area contributed by atoms with Crippen molar-refractivity contribution in [3.8, 4) is 5.75 Å². The molecular formula is C22H24N4O5. The molecule has 0 radical (unpaired) electrons. The van der Waals surface area contributed by atoms with E-state index in [1.807, 2.05) is 24.3 Å². The highest BCUT2D eigenvalue weighted by molar-refractivity contribution is 6.04. The molecule has 1 heterocycles. The number of methoxy groups -OCH3 is 1. The first-order valence-electron chi connectivity index (χ1n) is 9.82. The highest BCUT2D eigenvalue weighted by Crippen LogP contribution is 2.16. The fourth-order valence-electron chi connectivity index (χ4n) is 3.23. The predicted molar refractivity (Wildman–Crippen MR) is 114 cm³/mol. The number of nitrogens with one attached hydrogen (secondary N) is 2. The zero-order valence-corrected chi connectivity index (χ0v) is 17.1. The molecular weight excluding hydrogens is 400 g/mol. The van der Waals surface area contributed by atoms with Gasteiger partial charge in [-0.05, 0) is 54.8 Å². The molecule has 1 aliphatic rings. The van der Waals surface area contributed by atoms with E-state index in [1.54, 1.807) is 19.2 Å². The largest absolute Gasteiger partial charge is 0.497 e. The third-order valence-electron chi connectivity index (χ3n) is 5.00. The van der Waals surface area contributed by atoms with Gasteiger partial charge in [0, 0.05) is 24.2 Å². The van der Waals surface area contributed by atoms with Gasteiger partial charge in [0.05, 0.1) is 7.11 Å². The lowest BCUT2D eigenvalue weighted by molar-refractivity contribution is -0.127. The highest BCUT2D eigenvalue weighted by Gasteiger charge is 2.37. The zero-order chi connectivity index (χ0) is 22.4. The Balaban J connectivity index is 1.47. The molecule has 5 amide bonds. The van der Waals surface area contributed by atoms with Gasteiger partial charge >= 0.3 is 6.03 Å². The number of carbonyl (C=O) groups is 4. The van der Waals surface area contributed by atoms with Crippen LogP contribution in [0, 0.1) is 0 Å². The molecule has 1 aliphatic heterocycles. The topological polar surface area (TPSA) is 131 Å². The summed E-state index contributed by atoms with van der Waals surface area (Å²) >= 11 is 0. The van der Waals surface area contributed by atoms with Gasteiger partial charge < -0.3 is 21.1 Å². The minimum absolute atomic E-state index is 0.0561. The van der Waals surface area contributed by atoms with E-state index in [9.17, 15) is 19.2 Å². The third kappa shape index (κ3) is 5.59. The molecule has 0 aromatic heterocycles. The van der Waals surface area contributed by atoms with Crippen molar-refractivity contribution in [2.24, 2.45) is 5.73 Å².